The highest BCUT2D eigenvalue weighted by molar-refractivity contribution is 5.73. The number of nitrogens with zero attached hydrogens (tertiary/aromatic N) is 2. The Morgan fingerprint density at radius 2 is 1.45 bits per heavy atom. The van der Waals surface area contributed by atoms with Crippen molar-refractivity contribution in [3.63, 3.8) is 0 Å². The fourth-order valence-corrected chi connectivity index (χ4v) is 8.68. The van der Waals surface area contributed by atoms with Gasteiger partial charge in [0.2, 0.25) is 11.4 Å². The van der Waals surface area contributed by atoms with Crippen LogP contribution in [0.4, 0.5) is 0 Å². The number of rotatable bonds is 9. The first-order valence-corrected chi connectivity index (χ1v) is 16.9. The molecule has 0 saturated carbocycles. The predicted octanol–water partition coefficient (Wildman–Crippen LogP) is 9.77. The summed E-state index contributed by atoms with van der Waals surface area (Å²) in [6.07, 6.45) is 12.7. The minimum absolute atomic E-state index is 0.0108. The normalized spacial score (nSPS) is 21.3. The van der Waals surface area contributed by atoms with Crippen LogP contribution in [0.15, 0.2) is 116 Å². The van der Waals surface area contributed by atoms with Gasteiger partial charge in [0.1, 0.15) is 0 Å². The zero-order valence-electron chi connectivity index (χ0n) is 26.9. The Morgan fingerprint density at radius 3 is 2.23 bits per heavy atom. The molecule has 44 heavy (non-hydrogen) atoms. The molecule has 5 aromatic rings. The van der Waals surface area contributed by atoms with Crippen molar-refractivity contribution in [2.45, 2.75) is 89.6 Å². The van der Waals surface area contributed by atoms with Crippen molar-refractivity contribution < 1.29 is 9.13 Å². The van der Waals surface area contributed by atoms with E-state index in [9.17, 15) is 0 Å². The first-order chi connectivity index (χ1) is 21.5. The van der Waals surface area contributed by atoms with Gasteiger partial charge >= 0.3 is 0 Å². The molecule has 0 amide bonds. The maximum Gasteiger partial charge on any atom is 0.213 e. The van der Waals surface area contributed by atoms with E-state index in [4.69, 9.17) is 0 Å². The van der Waals surface area contributed by atoms with E-state index in [1.165, 1.54) is 63.2 Å². The summed E-state index contributed by atoms with van der Waals surface area (Å²) in [5.74, 6) is 0. The van der Waals surface area contributed by atoms with Gasteiger partial charge in [-0.1, -0.05) is 75.7 Å². The average Bonchev–Trinajstić information content (AvgIpc) is 3.40. The lowest BCUT2D eigenvalue weighted by Crippen LogP contribution is -2.69. The number of benzene rings is 3. The maximum atomic E-state index is 2.69. The van der Waals surface area contributed by atoms with E-state index in [-0.39, 0.29) is 11.0 Å². The van der Waals surface area contributed by atoms with Crippen molar-refractivity contribution in [2.24, 2.45) is 0 Å². The second-order valence-corrected chi connectivity index (χ2v) is 13.2. The van der Waals surface area contributed by atoms with Crippen LogP contribution in [-0.4, -0.2) is 0 Å². The molecular weight excluding hydrogens is 532 g/mol. The highest BCUT2D eigenvalue weighted by atomic mass is 15.1. The minimum atomic E-state index is -0.0361. The smallest absolute Gasteiger partial charge is 0.192 e. The van der Waals surface area contributed by atoms with Crippen molar-refractivity contribution in [1.82, 2.24) is 0 Å². The van der Waals surface area contributed by atoms with Gasteiger partial charge in [-0.2, -0.15) is 9.13 Å². The lowest BCUT2D eigenvalue weighted by atomic mass is 9.58. The van der Waals surface area contributed by atoms with Crippen LogP contribution >= 0.6 is 0 Å². The van der Waals surface area contributed by atoms with Crippen LogP contribution < -0.4 is 9.13 Å². The fraction of sp³-hybridized carbons (Fsp3) is 0.333. The number of hydrogen-bond donors (Lipinski definition) is 0. The minimum Gasteiger partial charge on any atom is -0.192 e. The van der Waals surface area contributed by atoms with E-state index in [0.717, 1.165) is 32.1 Å². The van der Waals surface area contributed by atoms with E-state index < -0.39 is 0 Å². The summed E-state index contributed by atoms with van der Waals surface area (Å²) in [6, 6.07) is 39.2. The van der Waals surface area contributed by atoms with Crippen LogP contribution in [0.2, 0.25) is 0 Å². The molecule has 0 spiro atoms. The number of aromatic nitrogens is 2. The molecule has 4 heterocycles. The largest absolute Gasteiger partial charge is 0.213 e. The Hall–Kier alpha value is -4.04. The van der Waals surface area contributed by atoms with Crippen molar-refractivity contribution in [3.8, 4) is 33.6 Å². The number of pyridine rings is 2. The molecule has 3 aromatic carbocycles. The Balaban J connectivity index is 1.33. The highest BCUT2D eigenvalue weighted by Gasteiger charge is 2.59. The summed E-state index contributed by atoms with van der Waals surface area (Å²) in [5.41, 5.74) is 12.5. The Bertz CT molecular complexity index is 1800. The third-order valence-corrected chi connectivity index (χ3v) is 11.3. The first-order valence-electron chi connectivity index (χ1n) is 16.9. The molecule has 2 aliphatic rings. The topological polar surface area (TPSA) is 7.76 Å². The van der Waals surface area contributed by atoms with Crippen molar-refractivity contribution in [1.29, 1.82) is 0 Å². The molecule has 0 saturated heterocycles. The molecule has 0 aliphatic carbocycles. The molecule has 0 N–H and O–H groups in total. The van der Waals surface area contributed by atoms with E-state index in [1.807, 2.05) is 0 Å². The summed E-state index contributed by atoms with van der Waals surface area (Å²) < 4.78 is 5.23. The molecule has 222 valence electrons. The number of aryl methyl sites for hydroxylation is 1. The first kappa shape index (κ1) is 28.7. The fourth-order valence-electron chi connectivity index (χ4n) is 8.68. The SMILES string of the molecule is CCCCc1ccc2c(c1)-c1cccc[n+]1C(CC)(CCC1c3cc(-c4ccccc4)ccc3-c3cccc[n+]31)C2(C)CC. The van der Waals surface area contributed by atoms with Gasteiger partial charge in [-0.05, 0) is 78.8 Å². The van der Waals surface area contributed by atoms with Crippen LogP contribution in [0.3, 0.4) is 0 Å². The molecule has 2 heteroatoms. The van der Waals surface area contributed by atoms with Gasteiger partial charge in [0.25, 0.3) is 0 Å². The summed E-state index contributed by atoms with van der Waals surface area (Å²) in [4.78, 5) is 0. The molecule has 0 radical (unpaired) electrons. The van der Waals surface area contributed by atoms with Crippen LogP contribution in [0, 0.1) is 0 Å². The Kier molecular flexibility index (Phi) is 7.49. The molecule has 2 aliphatic heterocycles. The zero-order valence-corrected chi connectivity index (χ0v) is 26.9. The number of unbranched alkanes of at least 4 members (excludes halogenated alkanes) is 1. The Labute approximate surface area is 264 Å². The van der Waals surface area contributed by atoms with Gasteiger partial charge in [0, 0.05) is 49.1 Å². The van der Waals surface area contributed by atoms with Crippen molar-refractivity contribution in [2.75, 3.05) is 0 Å². The lowest BCUT2D eigenvalue weighted by molar-refractivity contribution is -0.772. The monoisotopic (exact) mass is 578 g/mol. The van der Waals surface area contributed by atoms with E-state index >= 15 is 0 Å². The lowest BCUT2D eigenvalue weighted by Gasteiger charge is -2.48. The number of hydrogen-bond acceptors (Lipinski definition) is 0. The van der Waals surface area contributed by atoms with Gasteiger partial charge in [0.15, 0.2) is 24.0 Å². The molecular formula is C42H46N2+2. The van der Waals surface area contributed by atoms with Gasteiger partial charge in [-0.25, -0.2) is 0 Å². The third kappa shape index (κ3) is 4.37. The zero-order chi connectivity index (χ0) is 30.3. The Morgan fingerprint density at radius 1 is 0.682 bits per heavy atom. The van der Waals surface area contributed by atoms with Gasteiger partial charge in [-0.3, -0.25) is 0 Å². The highest BCUT2D eigenvalue weighted by Crippen LogP contribution is 2.53. The second kappa shape index (κ2) is 11.5. The van der Waals surface area contributed by atoms with Crippen LogP contribution in [0.25, 0.3) is 33.6 Å². The van der Waals surface area contributed by atoms with Crippen LogP contribution in [0.5, 0.6) is 0 Å². The average molecular weight is 579 g/mol. The molecule has 3 unspecified atom stereocenters. The number of fused-ring (bicyclic) bond motifs is 6. The van der Waals surface area contributed by atoms with Gasteiger partial charge in [0.05, 0.1) is 16.5 Å². The molecule has 2 nitrogen and oxygen atoms in total. The van der Waals surface area contributed by atoms with E-state index in [0.29, 0.717) is 6.04 Å². The van der Waals surface area contributed by atoms with Gasteiger partial charge in [-0.15, -0.1) is 0 Å². The standard InChI is InChI=1S/C42H46N2/c1-5-8-16-31-21-24-37-36(29-31)40-20-13-15-28-44(40)42(7-3,41(37,4)6-2)26-25-39-35-30-33(32-17-10-9-11-18-32)22-23-34(35)38-19-12-14-27-43(38)39/h9-15,17-24,27-30,39H,5-8,16,25-26H2,1-4H3/q+2. The molecule has 3 atom stereocenters. The quantitative estimate of drug-likeness (QED) is 0.154. The molecule has 0 fully saturated rings. The predicted molar refractivity (Wildman–Crippen MR) is 181 cm³/mol. The third-order valence-electron chi connectivity index (χ3n) is 11.3. The maximum absolute atomic E-state index is 2.69. The summed E-state index contributed by atoms with van der Waals surface area (Å²) in [7, 11) is 0. The molecule has 7 rings (SSSR count). The molecule has 2 aromatic heterocycles. The van der Waals surface area contributed by atoms with E-state index in [1.54, 1.807) is 0 Å². The van der Waals surface area contributed by atoms with E-state index in [2.05, 4.69) is 152 Å². The van der Waals surface area contributed by atoms with Crippen molar-refractivity contribution >= 4 is 0 Å². The summed E-state index contributed by atoms with van der Waals surface area (Å²) in [5, 5.41) is 0. The van der Waals surface area contributed by atoms with Crippen molar-refractivity contribution in [3.05, 3.63) is 132 Å². The van der Waals surface area contributed by atoms with Crippen LogP contribution in [-0.2, 0) is 17.4 Å². The second-order valence-electron chi connectivity index (χ2n) is 13.2. The summed E-state index contributed by atoms with van der Waals surface area (Å²) >= 11 is 0. The van der Waals surface area contributed by atoms with Crippen LogP contribution in [0.1, 0.15) is 89.0 Å². The van der Waals surface area contributed by atoms with Gasteiger partial charge < -0.3 is 0 Å². The summed E-state index contributed by atoms with van der Waals surface area (Å²) in [6.45, 7) is 9.68. The molecule has 0 bridgehead atoms.